The smallest absolute Gasteiger partial charge is 0.0213 e. The summed E-state index contributed by atoms with van der Waals surface area (Å²) in [5, 5.41) is 3.61. The molecule has 0 bridgehead atoms. The fraction of sp³-hybridized carbons (Fsp3) is 1.00. The first-order valence-electron chi connectivity index (χ1n) is 7.17. The summed E-state index contributed by atoms with van der Waals surface area (Å²) in [6.07, 6.45) is 10.1. The molecule has 0 aromatic rings. The number of nitrogens with two attached hydrogens (primary N) is 1. The predicted molar refractivity (Wildman–Crippen MR) is 71.5 cm³/mol. The summed E-state index contributed by atoms with van der Waals surface area (Å²) in [7, 11) is 0. The van der Waals surface area contributed by atoms with Crippen molar-refractivity contribution < 1.29 is 0 Å². The lowest BCUT2D eigenvalue weighted by molar-refractivity contribution is 0.362. The molecule has 2 heteroatoms. The van der Waals surface area contributed by atoms with Gasteiger partial charge in [-0.1, -0.05) is 52.4 Å². The van der Waals surface area contributed by atoms with Gasteiger partial charge in [0.2, 0.25) is 0 Å². The van der Waals surface area contributed by atoms with Gasteiger partial charge in [0, 0.05) is 12.6 Å². The molecule has 1 aliphatic carbocycles. The number of nitrogens with one attached hydrogen (secondary N) is 1. The van der Waals surface area contributed by atoms with E-state index in [2.05, 4.69) is 19.2 Å². The normalized spacial score (nSPS) is 21.0. The zero-order valence-corrected chi connectivity index (χ0v) is 11.2. The minimum atomic E-state index is 0.505. The molecule has 1 atom stereocenters. The monoisotopic (exact) mass is 226 g/mol. The van der Waals surface area contributed by atoms with Crippen molar-refractivity contribution in [3.63, 3.8) is 0 Å². The fourth-order valence-corrected chi connectivity index (χ4v) is 2.72. The van der Waals surface area contributed by atoms with Crippen molar-refractivity contribution in [1.29, 1.82) is 0 Å². The zero-order chi connectivity index (χ0) is 11.8. The summed E-state index contributed by atoms with van der Waals surface area (Å²) in [4.78, 5) is 0. The lowest BCUT2D eigenvalue weighted by Crippen LogP contribution is -2.41. The summed E-state index contributed by atoms with van der Waals surface area (Å²) in [5.41, 5.74) is 5.76. The van der Waals surface area contributed by atoms with Gasteiger partial charge in [-0.05, 0) is 24.8 Å². The van der Waals surface area contributed by atoms with Crippen LogP contribution in [0.4, 0.5) is 0 Å². The first kappa shape index (κ1) is 14.0. The molecule has 0 radical (unpaired) electrons. The van der Waals surface area contributed by atoms with Crippen LogP contribution in [-0.2, 0) is 0 Å². The van der Waals surface area contributed by atoms with Gasteiger partial charge in [-0.3, -0.25) is 0 Å². The molecular weight excluding hydrogens is 196 g/mol. The highest BCUT2D eigenvalue weighted by atomic mass is 14.9. The van der Waals surface area contributed by atoms with Gasteiger partial charge in [-0.2, -0.15) is 0 Å². The Morgan fingerprint density at radius 3 is 2.25 bits per heavy atom. The van der Waals surface area contributed by atoms with Crippen molar-refractivity contribution in [1.82, 2.24) is 5.32 Å². The SMILES string of the molecule is CC(C)C(CN)NCCC1CCCCCC1. The third-order valence-electron chi connectivity index (χ3n) is 3.99. The second-order valence-electron chi connectivity index (χ2n) is 5.69. The summed E-state index contributed by atoms with van der Waals surface area (Å²) >= 11 is 0. The third-order valence-corrected chi connectivity index (χ3v) is 3.99. The molecule has 0 aliphatic heterocycles. The van der Waals surface area contributed by atoms with Crippen LogP contribution < -0.4 is 11.1 Å². The van der Waals surface area contributed by atoms with E-state index in [4.69, 9.17) is 5.73 Å². The Bertz CT molecular complexity index is 160. The first-order valence-corrected chi connectivity index (χ1v) is 7.17. The van der Waals surface area contributed by atoms with E-state index in [0.717, 1.165) is 19.0 Å². The topological polar surface area (TPSA) is 38.0 Å². The molecule has 1 rings (SSSR count). The van der Waals surface area contributed by atoms with Crippen LogP contribution in [0.15, 0.2) is 0 Å². The molecule has 2 nitrogen and oxygen atoms in total. The summed E-state index contributed by atoms with van der Waals surface area (Å²) in [6, 6.07) is 0.505. The van der Waals surface area contributed by atoms with Crippen molar-refractivity contribution in [2.75, 3.05) is 13.1 Å². The third kappa shape index (κ3) is 5.31. The second kappa shape index (κ2) is 8.08. The van der Waals surface area contributed by atoms with Crippen molar-refractivity contribution in [3.8, 4) is 0 Å². The molecule has 0 aromatic heterocycles. The highest BCUT2D eigenvalue weighted by molar-refractivity contribution is 4.72. The molecule has 3 N–H and O–H groups in total. The van der Waals surface area contributed by atoms with Gasteiger partial charge in [-0.25, -0.2) is 0 Å². The number of hydrogen-bond acceptors (Lipinski definition) is 2. The van der Waals surface area contributed by atoms with Crippen molar-refractivity contribution in [2.24, 2.45) is 17.6 Å². The highest BCUT2D eigenvalue weighted by Crippen LogP contribution is 2.24. The molecule has 0 amide bonds. The maximum Gasteiger partial charge on any atom is 0.0213 e. The van der Waals surface area contributed by atoms with Crippen LogP contribution in [0.2, 0.25) is 0 Å². The Morgan fingerprint density at radius 2 is 1.75 bits per heavy atom. The molecule has 0 saturated heterocycles. The van der Waals surface area contributed by atoms with Crippen LogP contribution in [0.25, 0.3) is 0 Å². The molecule has 0 heterocycles. The first-order chi connectivity index (χ1) is 7.74. The van der Waals surface area contributed by atoms with Gasteiger partial charge < -0.3 is 11.1 Å². The van der Waals surface area contributed by atoms with E-state index in [1.54, 1.807) is 0 Å². The van der Waals surface area contributed by atoms with Gasteiger partial charge in [0.05, 0.1) is 0 Å². The molecular formula is C14H30N2. The molecule has 0 aromatic carbocycles. The minimum Gasteiger partial charge on any atom is -0.329 e. The number of rotatable bonds is 6. The quantitative estimate of drug-likeness (QED) is 0.683. The summed E-state index contributed by atoms with van der Waals surface area (Å²) in [6.45, 7) is 6.42. The second-order valence-corrected chi connectivity index (χ2v) is 5.69. The van der Waals surface area contributed by atoms with E-state index >= 15 is 0 Å². The zero-order valence-electron chi connectivity index (χ0n) is 11.2. The number of hydrogen-bond donors (Lipinski definition) is 2. The van der Waals surface area contributed by atoms with Crippen molar-refractivity contribution >= 4 is 0 Å². The van der Waals surface area contributed by atoms with Gasteiger partial charge in [0.1, 0.15) is 0 Å². The maximum absolute atomic E-state index is 5.76. The van der Waals surface area contributed by atoms with E-state index in [-0.39, 0.29) is 0 Å². The minimum absolute atomic E-state index is 0.505. The molecule has 1 fully saturated rings. The summed E-state index contributed by atoms with van der Waals surface area (Å²) in [5.74, 6) is 1.62. The van der Waals surface area contributed by atoms with E-state index in [1.165, 1.54) is 44.9 Å². The Morgan fingerprint density at radius 1 is 1.12 bits per heavy atom. The van der Waals surface area contributed by atoms with Crippen LogP contribution in [0.1, 0.15) is 58.8 Å². The van der Waals surface area contributed by atoms with Gasteiger partial charge in [0.25, 0.3) is 0 Å². The maximum atomic E-state index is 5.76. The lowest BCUT2D eigenvalue weighted by atomic mass is 9.96. The average Bonchev–Trinajstić information content (AvgIpc) is 2.52. The van der Waals surface area contributed by atoms with Crippen LogP contribution in [-0.4, -0.2) is 19.1 Å². The highest BCUT2D eigenvalue weighted by Gasteiger charge is 2.14. The molecule has 1 unspecified atom stereocenters. The predicted octanol–water partition coefficient (Wildman–Crippen LogP) is 2.92. The van der Waals surface area contributed by atoms with Gasteiger partial charge in [-0.15, -0.1) is 0 Å². The molecule has 16 heavy (non-hydrogen) atoms. The van der Waals surface area contributed by atoms with Crippen LogP contribution in [0, 0.1) is 11.8 Å². The summed E-state index contributed by atoms with van der Waals surface area (Å²) < 4.78 is 0. The Hall–Kier alpha value is -0.0800. The van der Waals surface area contributed by atoms with E-state index in [0.29, 0.717) is 12.0 Å². The fourth-order valence-electron chi connectivity index (χ4n) is 2.72. The molecule has 1 saturated carbocycles. The molecule has 96 valence electrons. The van der Waals surface area contributed by atoms with E-state index in [9.17, 15) is 0 Å². The Balaban J connectivity index is 2.13. The average molecular weight is 226 g/mol. The van der Waals surface area contributed by atoms with Crippen LogP contribution >= 0.6 is 0 Å². The molecule has 1 aliphatic rings. The van der Waals surface area contributed by atoms with Crippen LogP contribution in [0.3, 0.4) is 0 Å². The Kier molecular flexibility index (Phi) is 7.06. The largest absolute Gasteiger partial charge is 0.329 e. The van der Waals surface area contributed by atoms with Crippen LogP contribution in [0.5, 0.6) is 0 Å². The van der Waals surface area contributed by atoms with Crippen molar-refractivity contribution in [3.05, 3.63) is 0 Å². The van der Waals surface area contributed by atoms with Crippen molar-refractivity contribution in [2.45, 2.75) is 64.8 Å². The van der Waals surface area contributed by atoms with Gasteiger partial charge in [0.15, 0.2) is 0 Å². The standard InChI is InChI=1S/C14H30N2/c1-12(2)14(11-15)16-10-9-13-7-5-3-4-6-8-13/h12-14,16H,3-11,15H2,1-2H3. The van der Waals surface area contributed by atoms with Gasteiger partial charge >= 0.3 is 0 Å². The van der Waals surface area contributed by atoms with E-state index in [1.807, 2.05) is 0 Å². The lowest BCUT2D eigenvalue weighted by Gasteiger charge is -2.22. The Labute approximate surface area is 101 Å². The van der Waals surface area contributed by atoms with E-state index < -0.39 is 0 Å². The molecule has 0 spiro atoms.